The van der Waals surface area contributed by atoms with Crippen LogP contribution in [0.5, 0.6) is 0 Å². The minimum Gasteiger partial charge on any atom is -0.355 e. The lowest BCUT2D eigenvalue weighted by molar-refractivity contribution is -0.120. The van der Waals surface area contributed by atoms with Crippen LogP contribution < -0.4 is 10.2 Å². The van der Waals surface area contributed by atoms with E-state index in [1.54, 1.807) is 11.3 Å². The molecule has 1 aromatic heterocycles. The quantitative estimate of drug-likeness (QED) is 0.483. The molecule has 32 heavy (non-hydrogen) atoms. The van der Waals surface area contributed by atoms with Crippen LogP contribution in [0.4, 0.5) is 5.13 Å². The Morgan fingerprint density at radius 1 is 1.03 bits per heavy atom. The Kier molecular flexibility index (Phi) is 6.06. The number of fused-ring (bicyclic) bond motifs is 2. The van der Waals surface area contributed by atoms with Crippen molar-refractivity contribution >= 4 is 43.4 Å². The van der Waals surface area contributed by atoms with E-state index in [-0.39, 0.29) is 5.91 Å². The number of nitrogens with one attached hydrogen (secondary N) is 1. The van der Waals surface area contributed by atoms with Crippen LogP contribution in [0.1, 0.15) is 11.1 Å². The number of piperazine rings is 1. The maximum Gasteiger partial charge on any atom is 0.224 e. The van der Waals surface area contributed by atoms with Gasteiger partial charge in [-0.25, -0.2) is 4.98 Å². The van der Waals surface area contributed by atoms with Gasteiger partial charge in [-0.15, -0.1) is 0 Å². The number of benzene rings is 3. The van der Waals surface area contributed by atoms with E-state index in [1.807, 2.05) is 24.3 Å². The van der Waals surface area contributed by atoms with Crippen molar-refractivity contribution in [3.63, 3.8) is 0 Å². The van der Waals surface area contributed by atoms with Crippen molar-refractivity contribution in [3.05, 3.63) is 71.8 Å². The molecule has 4 aromatic rings. The molecule has 0 spiro atoms. The minimum absolute atomic E-state index is 0.0877. The molecule has 1 N–H and O–H groups in total. The van der Waals surface area contributed by atoms with E-state index >= 15 is 0 Å². The average molecular weight is 445 g/mol. The summed E-state index contributed by atoms with van der Waals surface area (Å²) in [6, 6.07) is 20.8. The van der Waals surface area contributed by atoms with Crippen molar-refractivity contribution in [2.45, 2.75) is 13.3 Å². The number of hydrogen-bond acceptors (Lipinski definition) is 5. The maximum atomic E-state index is 12.5. The fourth-order valence-corrected chi connectivity index (χ4v) is 5.47. The van der Waals surface area contributed by atoms with Gasteiger partial charge in [0.25, 0.3) is 0 Å². The highest BCUT2D eigenvalue weighted by Gasteiger charge is 2.20. The number of anilines is 1. The molecule has 3 aromatic carbocycles. The Morgan fingerprint density at radius 2 is 1.84 bits per heavy atom. The second-order valence-electron chi connectivity index (χ2n) is 8.46. The van der Waals surface area contributed by atoms with Crippen LogP contribution in [0.25, 0.3) is 21.0 Å². The fourth-order valence-electron chi connectivity index (χ4n) is 4.35. The molecule has 1 aliphatic rings. The zero-order chi connectivity index (χ0) is 21.9. The van der Waals surface area contributed by atoms with Crippen LogP contribution in [-0.2, 0) is 11.2 Å². The number of hydrogen-bond donors (Lipinski definition) is 1. The van der Waals surface area contributed by atoms with Gasteiger partial charge >= 0.3 is 0 Å². The van der Waals surface area contributed by atoms with Gasteiger partial charge in [0, 0.05) is 39.3 Å². The normalized spacial score (nSPS) is 14.8. The third-order valence-electron chi connectivity index (χ3n) is 6.16. The van der Waals surface area contributed by atoms with E-state index in [2.05, 4.69) is 58.4 Å². The van der Waals surface area contributed by atoms with Gasteiger partial charge in [0.1, 0.15) is 0 Å². The highest BCUT2D eigenvalue weighted by molar-refractivity contribution is 7.22. The summed E-state index contributed by atoms with van der Waals surface area (Å²) in [5, 5.41) is 6.56. The second-order valence-corrected chi connectivity index (χ2v) is 9.47. The van der Waals surface area contributed by atoms with E-state index in [0.717, 1.165) is 54.3 Å². The first-order valence-electron chi connectivity index (χ1n) is 11.2. The second kappa shape index (κ2) is 9.27. The van der Waals surface area contributed by atoms with Gasteiger partial charge in [-0.2, -0.15) is 0 Å². The maximum absolute atomic E-state index is 12.5. The standard InChI is InChI=1S/C26H28N4OS/c1-19-9-10-23-24(17-19)32-26(28-23)30-15-13-29(14-16-30)12-11-27-25(31)18-21-7-4-6-20-5-2-3-8-22(20)21/h2-10,17H,11-16,18H2,1H3,(H,27,31). The van der Waals surface area contributed by atoms with Crippen LogP contribution in [-0.4, -0.2) is 55.1 Å². The van der Waals surface area contributed by atoms with Gasteiger partial charge in [0.05, 0.1) is 16.6 Å². The Bertz CT molecular complexity index is 1240. The molecule has 0 bridgehead atoms. The summed E-state index contributed by atoms with van der Waals surface area (Å²) in [7, 11) is 0. The Labute approximate surface area is 192 Å². The van der Waals surface area contributed by atoms with Gasteiger partial charge in [0.2, 0.25) is 5.91 Å². The lowest BCUT2D eigenvalue weighted by atomic mass is 10.0. The Hall–Kier alpha value is -2.96. The predicted octanol–water partition coefficient (Wildman–Crippen LogP) is 4.24. The van der Waals surface area contributed by atoms with E-state index in [9.17, 15) is 4.79 Å². The number of thiazole rings is 1. The summed E-state index contributed by atoms with van der Waals surface area (Å²) in [4.78, 5) is 22.1. The molecule has 1 fully saturated rings. The Balaban J connectivity index is 1.09. The first-order chi connectivity index (χ1) is 15.7. The number of aryl methyl sites for hydroxylation is 1. The molecule has 1 amide bonds. The number of carbonyl (C=O) groups is 1. The largest absolute Gasteiger partial charge is 0.355 e. The topological polar surface area (TPSA) is 48.5 Å². The SMILES string of the molecule is Cc1ccc2nc(N3CCN(CCNC(=O)Cc4cccc5ccccc45)CC3)sc2c1. The molecule has 0 aliphatic carbocycles. The molecule has 0 atom stereocenters. The molecule has 2 heterocycles. The summed E-state index contributed by atoms with van der Waals surface area (Å²) in [5.74, 6) is 0.0877. The lowest BCUT2D eigenvalue weighted by Crippen LogP contribution is -2.48. The van der Waals surface area contributed by atoms with Gasteiger partial charge in [0.15, 0.2) is 5.13 Å². The lowest BCUT2D eigenvalue weighted by Gasteiger charge is -2.34. The smallest absolute Gasteiger partial charge is 0.224 e. The zero-order valence-electron chi connectivity index (χ0n) is 18.4. The molecule has 5 rings (SSSR count). The third-order valence-corrected chi connectivity index (χ3v) is 7.24. The van der Waals surface area contributed by atoms with E-state index in [0.29, 0.717) is 13.0 Å². The van der Waals surface area contributed by atoms with Crippen molar-refractivity contribution in [1.29, 1.82) is 0 Å². The van der Waals surface area contributed by atoms with Crippen molar-refractivity contribution in [2.75, 3.05) is 44.2 Å². The van der Waals surface area contributed by atoms with E-state index in [1.165, 1.54) is 15.6 Å². The zero-order valence-corrected chi connectivity index (χ0v) is 19.2. The van der Waals surface area contributed by atoms with Crippen LogP contribution in [0.15, 0.2) is 60.7 Å². The minimum atomic E-state index is 0.0877. The summed E-state index contributed by atoms with van der Waals surface area (Å²) in [6.07, 6.45) is 0.423. The monoisotopic (exact) mass is 444 g/mol. The van der Waals surface area contributed by atoms with Crippen LogP contribution >= 0.6 is 11.3 Å². The van der Waals surface area contributed by atoms with Crippen molar-refractivity contribution < 1.29 is 4.79 Å². The number of rotatable bonds is 6. The molecular formula is C26H28N4OS. The molecule has 0 saturated carbocycles. The third kappa shape index (κ3) is 4.61. The molecule has 164 valence electrons. The average Bonchev–Trinajstić information content (AvgIpc) is 3.23. The first-order valence-corrected chi connectivity index (χ1v) is 12.1. The number of amides is 1. The summed E-state index contributed by atoms with van der Waals surface area (Å²) in [5.41, 5.74) is 3.45. The highest BCUT2D eigenvalue weighted by Crippen LogP contribution is 2.30. The highest BCUT2D eigenvalue weighted by atomic mass is 32.1. The van der Waals surface area contributed by atoms with E-state index < -0.39 is 0 Å². The van der Waals surface area contributed by atoms with Crippen molar-refractivity contribution in [2.24, 2.45) is 0 Å². The van der Waals surface area contributed by atoms with Gasteiger partial charge in [-0.3, -0.25) is 9.69 Å². The van der Waals surface area contributed by atoms with Gasteiger partial charge < -0.3 is 10.2 Å². The van der Waals surface area contributed by atoms with Crippen molar-refractivity contribution in [3.8, 4) is 0 Å². The molecule has 6 heteroatoms. The Morgan fingerprint density at radius 3 is 2.72 bits per heavy atom. The fraction of sp³-hybridized carbons (Fsp3) is 0.308. The molecular weight excluding hydrogens is 416 g/mol. The van der Waals surface area contributed by atoms with Crippen LogP contribution in [0.2, 0.25) is 0 Å². The number of carbonyl (C=O) groups excluding carboxylic acids is 1. The molecule has 0 radical (unpaired) electrons. The molecule has 0 unspecified atom stereocenters. The predicted molar refractivity (Wildman–Crippen MR) is 134 cm³/mol. The summed E-state index contributed by atoms with van der Waals surface area (Å²) in [6.45, 7) is 7.63. The summed E-state index contributed by atoms with van der Waals surface area (Å²) >= 11 is 1.78. The van der Waals surface area contributed by atoms with Gasteiger partial charge in [-0.1, -0.05) is 59.9 Å². The molecule has 5 nitrogen and oxygen atoms in total. The van der Waals surface area contributed by atoms with Gasteiger partial charge in [-0.05, 0) is 41.0 Å². The molecule has 1 aliphatic heterocycles. The molecule has 1 saturated heterocycles. The van der Waals surface area contributed by atoms with Crippen LogP contribution in [0.3, 0.4) is 0 Å². The number of nitrogens with zero attached hydrogens (tertiary/aromatic N) is 3. The number of aromatic nitrogens is 1. The van der Waals surface area contributed by atoms with Crippen molar-refractivity contribution in [1.82, 2.24) is 15.2 Å². The van der Waals surface area contributed by atoms with E-state index in [4.69, 9.17) is 4.98 Å². The van der Waals surface area contributed by atoms with Crippen LogP contribution in [0, 0.1) is 6.92 Å². The summed E-state index contributed by atoms with van der Waals surface area (Å²) < 4.78 is 1.26. The first kappa shape index (κ1) is 20.9.